The average Bonchev–Trinajstić information content (AvgIpc) is 3.35. The van der Waals surface area contributed by atoms with Crippen molar-refractivity contribution in [2.75, 3.05) is 4.90 Å². The first-order chi connectivity index (χ1) is 18.3. The van der Waals surface area contributed by atoms with Crippen LogP contribution in [0, 0.1) is 6.92 Å². The molecule has 0 bridgehead atoms. The fraction of sp³-hybridized carbons (Fsp3) is 0.0286. The van der Waals surface area contributed by atoms with Crippen molar-refractivity contribution < 1.29 is 4.42 Å². The third kappa shape index (κ3) is 3.66. The van der Waals surface area contributed by atoms with Gasteiger partial charge >= 0.3 is 0 Å². The highest BCUT2D eigenvalue weighted by atomic mass is 16.3. The third-order valence-corrected chi connectivity index (χ3v) is 7.13. The number of hydrogen-bond acceptors (Lipinski definition) is 2. The topological polar surface area (TPSA) is 16.4 Å². The van der Waals surface area contributed by atoms with Crippen molar-refractivity contribution in [1.82, 2.24) is 0 Å². The van der Waals surface area contributed by atoms with E-state index in [1.54, 1.807) is 0 Å². The van der Waals surface area contributed by atoms with Gasteiger partial charge in [0.05, 0.1) is 0 Å². The molecular formula is C35H25NO. The Balaban J connectivity index is 1.45. The molecule has 0 amide bonds. The molecule has 0 aliphatic rings. The zero-order valence-corrected chi connectivity index (χ0v) is 20.6. The Kier molecular flexibility index (Phi) is 5.04. The number of rotatable bonds is 4. The summed E-state index contributed by atoms with van der Waals surface area (Å²) in [7, 11) is 0. The lowest BCUT2D eigenvalue weighted by Gasteiger charge is -2.26. The molecule has 1 heterocycles. The fourth-order valence-corrected chi connectivity index (χ4v) is 5.42. The minimum absolute atomic E-state index is 0.907. The maximum atomic E-state index is 6.45. The van der Waals surface area contributed by atoms with Crippen LogP contribution in [0.1, 0.15) is 5.56 Å². The van der Waals surface area contributed by atoms with E-state index >= 15 is 0 Å². The Morgan fingerprint density at radius 1 is 0.514 bits per heavy atom. The highest BCUT2D eigenvalue weighted by Gasteiger charge is 2.18. The van der Waals surface area contributed by atoms with Gasteiger partial charge in [-0.2, -0.15) is 0 Å². The number of benzene rings is 6. The summed E-state index contributed by atoms with van der Waals surface area (Å²) in [6, 6.07) is 47.1. The Labute approximate surface area is 216 Å². The quantitative estimate of drug-likeness (QED) is 0.252. The molecule has 0 radical (unpaired) electrons. The van der Waals surface area contributed by atoms with Crippen LogP contribution < -0.4 is 4.90 Å². The molecule has 2 heteroatoms. The highest BCUT2D eigenvalue weighted by Crippen LogP contribution is 2.41. The lowest BCUT2D eigenvalue weighted by atomic mass is 10.0. The van der Waals surface area contributed by atoms with Crippen molar-refractivity contribution in [2.24, 2.45) is 0 Å². The van der Waals surface area contributed by atoms with Crippen LogP contribution in [0.2, 0.25) is 0 Å². The van der Waals surface area contributed by atoms with Crippen molar-refractivity contribution in [3.63, 3.8) is 0 Å². The van der Waals surface area contributed by atoms with Gasteiger partial charge in [-0.25, -0.2) is 0 Å². The van der Waals surface area contributed by atoms with Gasteiger partial charge < -0.3 is 9.32 Å². The van der Waals surface area contributed by atoms with E-state index in [0.717, 1.165) is 39.0 Å². The predicted molar refractivity (Wildman–Crippen MR) is 156 cm³/mol. The second-order valence-electron chi connectivity index (χ2n) is 9.49. The normalized spacial score (nSPS) is 11.4. The molecule has 7 aromatic rings. The molecule has 6 aromatic carbocycles. The van der Waals surface area contributed by atoms with E-state index in [9.17, 15) is 0 Å². The van der Waals surface area contributed by atoms with Gasteiger partial charge in [0.25, 0.3) is 0 Å². The van der Waals surface area contributed by atoms with Gasteiger partial charge in [0.2, 0.25) is 0 Å². The van der Waals surface area contributed by atoms with Crippen molar-refractivity contribution in [1.29, 1.82) is 0 Å². The summed E-state index contributed by atoms with van der Waals surface area (Å²) >= 11 is 0. The largest absolute Gasteiger partial charge is 0.455 e. The van der Waals surface area contributed by atoms with E-state index in [-0.39, 0.29) is 0 Å². The van der Waals surface area contributed by atoms with Crippen LogP contribution in [-0.4, -0.2) is 0 Å². The van der Waals surface area contributed by atoms with E-state index in [1.807, 2.05) is 0 Å². The van der Waals surface area contributed by atoms with Gasteiger partial charge in [-0.15, -0.1) is 0 Å². The van der Waals surface area contributed by atoms with Crippen molar-refractivity contribution in [3.05, 3.63) is 139 Å². The van der Waals surface area contributed by atoms with E-state index in [2.05, 4.69) is 145 Å². The number of anilines is 3. The average molecular weight is 476 g/mol. The Morgan fingerprint density at radius 3 is 2.03 bits per heavy atom. The van der Waals surface area contributed by atoms with Gasteiger partial charge in [0.15, 0.2) is 0 Å². The van der Waals surface area contributed by atoms with Gasteiger partial charge in [-0.3, -0.25) is 0 Å². The number of furan rings is 1. The first-order valence-electron chi connectivity index (χ1n) is 12.6. The lowest BCUT2D eigenvalue weighted by molar-refractivity contribution is 0.672. The number of hydrogen-bond donors (Lipinski definition) is 0. The predicted octanol–water partition coefficient (Wildman–Crippen LogP) is 10.2. The van der Waals surface area contributed by atoms with Gasteiger partial charge in [0.1, 0.15) is 11.2 Å². The number of para-hydroxylation sites is 1. The standard InChI is InChI=1S/C35H25NO/c1-24-21-27-13-8-9-18-31(27)35-34(24)32-23-30(19-20-33(32)37-35)36(28-15-6-3-7-16-28)29-17-10-14-26(22-29)25-11-4-2-5-12-25/h2-23H,1H3. The molecule has 37 heavy (non-hydrogen) atoms. The first-order valence-corrected chi connectivity index (χ1v) is 12.6. The molecule has 0 spiro atoms. The van der Waals surface area contributed by atoms with Crippen molar-refractivity contribution >= 4 is 49.8 Å². The lowest BCUT2D eigenvalue weighted by Crippen LogP contribution is -2.09. The smallest absolute Gasteiger partial charge is 0.143 e. The van der Waals surface area contributed by atoms with Crippen LogP contribution in [0.25, 0.3) is 43.8 Å². The van der Waals surface area contributed by atoms with E-state index < -0.39 is 0 Å². The molecule has 0 saturated carbocycles. The summed E-state index contributed by atoms with van der Waals surface area (Å²) in [5.41, 5.74) is 8.81. The molecule has 2 nitrogen and oxygen atoms in total. The van der Waals surface area contributed by atoms with Crippen molar-refractivity contribution in [3.8, 4) is 11.1 Å². The van der Waals surface area contributed by atoms with Crippen LogP contribution in [0.4, 0.5) is 17.1 Å². The minimum atomic E-state index is 0.907. The molecule has 176 valence electrons. The second kappa shape index (κ2) is 8.69. The monoisotopic (exact) mass is 475 g/mol. The first kappa shape index (κ1) is 21.5. The summed E-state index contributed by atoms with van der Waals surface area (Å²) in [4.78, 5) is 2.32. The van der Waals surface area contributed by atoms with Crippen LogP contribution in [0.15, 0.2) is 138 Å². The maximum absolute atomic E-state index is 6.45. The summed E-state index contributed by atoms with van der Waals surface area (Å²) in [6.45, 7) is 2.18. The third-order valence-electron chi connectivity index (χ3n) is 7.13. The molecule has 0 atom stereocenters. The maximum Gasteiger partial charge on any atom is 0.143 e. The van der Waals surface area contributed by atoms with Crippen molar-refractivity contribution in [2.45, 2.75) is 6.92 Å². The molecule has 0 unspecified atom stereocenters. The summed E-state index contributed by atoms with van der Waals surface area (Å²) in [6.07, 6.45) is 0. The van der Waals surface area contributed by atoms with Crippen LogP contribution in [0.3, 0.4) is 0 Å². The number of aryl methyl sites for hydroxylation is 1. The Hall–Kier alpha value is -4.82. The highest BCUT2D eigenvalue weighted by molar-refractivity contribution is 6.17. The molecule has 7 rings (SSSR count). The molecule has 0 saturated heterocycles. The van der Waals surface area contributed by atoms with Crippen LogP contribution in [-0.2, 0) is 0 Å². The summed E-state index contributed by atoms with van der Waals surface area (Å²) in [5.74, 6) is 0. The number of nitrogens with zero attached hydrogens (tertiary/aromatic N) is 1. The van der Waals surface area contributed by atoms with Gasteiger partial charge in [-0.1, -0.05) is 91.0 Å². The van der Waals surface area contributed by atoms with Crippen LogP contribution >= 0.6 is 0 Å². The van der Waals surface area contributed by atoms with E-state index in [4.69, 9.17) is 4.42 Å². The molecule has 0 fully saturated rings. The minimum Gasteiger partial charge on any atom is -0.455 e. The van der Waals surface area contributed by atoms with E-state index in [1.165, 1.54) is 27.5 Å². The fourth-order valence-electron chi connectivity index (χ4n) is 5.42. The molecule has 0 aliphatic heterocycles. The zero-order valence-electron chi connectivity index (χ0n) is 20.6. The molecular weight excluding hydrogens is 450 g/mol. The summed E-state index contributed by atoms with van der Waals surface area (Å²) in [5, 5.41) is 4.67. The Morgan fingerprint density at radius 2 is 1.19 bits per heavy atom. The van der Waals surface area contributed by atoms with E-state index in [0.29, 0.717) is 0 Å². The molecule has 1 aromatic heterocycles. The van der Waals surface area contributed by atoms with Gasteiger partial charge in [-0.05, 0) is 71.5 Å². The van der Waals surface area contributed by atoms with Gasteiger partial charge in [0, 0.05) is 33.2 Å². The Bertz CT molecular complexity index is 1880. The summed E-state index contributed by atoms with van der Waals surface area (Å²) < 4.78 is 6.45. The SMILES string of the molecule is Cc1cc2ccccc2c2oc3ccc(N(c4ccccc4)c4cccc(-c5ccccc5)c4)cc3c12. The molecule has 0 aliphatic carbocycles. The number of fused-ring (bicyclic) bond motifs is 5. The second-order valence-corrected chi connectivity index (χ2v) is 9.49. The van der Waals surface area contributed by atoms with Crippen LogP contribution in [0.5, 0.6) is 0 Å². The zero-order chi connectivity index (χ0) is 24.8. The molecule has 0 N–H and O–H groups in total.